The first-order valence-corrected chi connectivity index (χ1v) is 8.34. The van der Waals surface area contributed by atoms with Gasteiger partial charge in [0.15, 0.2) is 4.80 Å². The number of alkyl halides is 3. The molecule has 0 aliphatic rings. The van der Waals surface area contributed by atoms with Gasteiger partial charge in [0.25, 0.3) is 5.91 Å². The van der Waals surface area contributed by atoms with Crippen LogP contribution in [0.4, 0.5) is 22.0 Å². The lowest BCUT2D eigenvalue weighted by molar-refractivity contribution is -0.138. The average molecular weight is 416 g/mol. The number of fused-ring (bicyclic) bond motifs is 1. The van der Waals surface area contributed by atoms with Crippen molar-refractivity contribution in [3.05, 3.63) is 64.0 Å². The Morgan fingerprint density at radius 1 is 1.14 bits per heavy atom. The maximum absolute atomic E-state index is 14.0. The molecule has 1 amide bonds. The third kappa shape index (κ3) is 3.93. The van der Waals surface area contributed by atoms with Gasteiger partial charge in [-0.25, -0.2) is 8.78 Å². The van der Waals surface area contributed by atoms with Crippen LogP contribution in [-0.2, 0) is 17.5 Å². The fourth-order valence-electron chi connectivity index (χ4n) is 2.45. The molecule has 3 rings (SSSR count). The zero-order valence-electron chi connectivity index (χ0n) is 13.6. The Kier molecular flexibility index (Phi) is 5.02. The number of carboxylic acid groups (broad SMARTS) is 1. The standard InChI is InChI=1S/C17H9F5N2O3S/c18-10-5-11(19)14-12(6-10)24(7-13(25)26)16(28-14)23-15(27)8-2-1-3-9(4-8)17(20,21)22/h1-6H,7H2,(H,25,26). The van der Waals surface area contributed by atoms with Crippen molar-refractivity contribution >= 4 is 33.4 Å². The summed E-state index contributed by atoms with van der Waals surface area (Å²) in [5, 5.41) is 9.03. The highest BCUT2D eigenvalue weighted by atomic mass is 32.1. The van der Waals surface area contributed by atoms with Gasteiger partial charge in [-0.3, -0.25) is 9.59 Å². The van der Waals surface area contributed by atoms with E-state index >= 15 is 0 Å². The number of hydrogen-bond donors (Lipinski definition) is 1. The first-order chi connectivity index (χ1) is 13.1. The van der Waals surface area contributed by atoms with Crippen molar-refractivity contribution < 1.29 is 36.6 Å². The van der Waals surface area contributed by atoms with E-state index in [0.717, 1.165) is 28.8 Å². The van der Waals surface area contributed by atoms with Crippen molar-refractivity contribution in [2.75, 3.05) is 0 Å². The van der Waals surface area contributed by atoms with Crippen LogP contribution in [-0.4, -0.2) is 21.6 Å². The van der Waals surface area contributed by atoms with E-state index in [9.17, 15) is 31.5 Å². The van der Waals surface area contributed by atoms with E-state index in [4.69, 9.17) is 5.11 Å². The highest BCUT2D eigenvalue weighted by molar-refractivity contribution is 7.16. The summed E-state index contributed by atoms with van der Waals surface area (Å²) in [6, 6.07) is 4.97. The fraction of sp³-hybridized carbons (Fsp3) is 0.118. The van der Waals surface area contributed by atoms with Gasteiger partial charge in [-0.1, -0.05) is 17.4 Å². The van der Waals surface area contributed by atoms with E-state index in [1.54, 1.807) is 0 Å². The van der Waals surface area contributed by atoms with Crippen molar-refractivity contribution in [1.82, 2.24) is 4.57 Å². The summed E-state index contributed by atoms with van der Waals surface area (Å²) in [6.07, 6.45) is -4.67. The minimum atomic E-state index is -4.67. The quantitative estimate of drug-likeness (QED) is 0.660. The molecule has 0 aliphatic heterocycles. The number of rotatable bonds is 3. The number of thiazole rings is 1. The molecule has 1 heterocycles. The van der Waals surface area contributed by atoms with Gasteiger partial charge in [0, 0.05) is 11.6 Å². The maximum Gasteiger partial charge on any atom is 0.416 e. The first-order valence-electron chi connectivity index (χ1n) is 7.53. The summed E-state index contributed by atoms with van der Waals surface area (Å²) in [5.41, 5.74) is -1.59. The Bertz CT molecular complexity index is 1160. The first kappa shape index (κ1) is 19.7. The van der Waals surface area contributed by atoms with Crippen LogP contribution in [0.3, 0.4) is 0 Å². The number of nitrogens with zero attached hydrogens (tertiary/aromatic N) is 2. The molecule has 3 aromatic rings. The van der Waals surface area contributed by atoms with E-state index < -0.39 is 41.8 Å². The number of carbonyl (C=O) groups is 2. The largest absolute Gasteiger partial charge is 0.480 e. The lowest BCUT2D eigenvalue weighted by atomic mass is 10.1. The summed E-state index contributed by atoms with van der Waals surface area (Å²) < 4.78 is 66.7. The van der Waals surface area contributed by atoms with Gasteiger partial charge in [0.2, 0.25) is 0 Å². The molecule has 5 nitrogen and oxygen atoms in total. The monoisotopic (exact) mass is 416 g/mol. The molecule has 2 aromatic carbocycles. The predicted molar refractivity (Wildman–Crippen MR) is 88.7 cm³/mol. The molecule has 0 radical (unpaired) electrons. The molecule has 0 atom stereocenters. The molecular weight excluding hydrogens is 407 g/mol. The zero-order chi connectivity index (χ0) is 20.6. The van der Waals surface area contributed by atoms with Crippen molar-refractivity contribution in [3.8, 4) is 0 Å². The van der Waals surface area contributed by atoms with Crippen LogP contribution < -0.4 is 4.80 Å². The highest BCUT2D eigenvalue weighted by Crippen LogP contribution is 2.29. The molecule has 0 fully saturated rings. The fourth-order valence-corrected chi connectivity index (χ4v) is 3.46. The van der Waals surface area contributed by atoms with Gasteiger partial charge in [0.1, 0.15) is 18.2 Å². The topological polar surface area (TPSA) is 71.7 Å². The molecule has 0 aliphatic carbocycles. The van der Waals surface area contributed by atoms with E-state index in [-0.39, 0.29) is 20.6 Å². The minimum absolute atomic E-state index is 0.138. The van der Waals surface area contributed by atoms with Gasteiger partial charge in [0.05, 0.1) is 15.8 Å². The molecule has 146 valence electrons. The number of halogens is 5. The third-order valence-electron chi connectivity index (χ3n) is 3.63. The van der Waals surface area contributed by atoms with Gasteiger partial charge >= 0.3 is 12.1 Å². The number of aromatic nitrogens is 1. The molecule has 1 aromatic heterocycles. The lowest BCUT2D eigenvalue weighted by Crippen LogP contribution is -2.21. The van der Waals surface area contributed by atoms with Crippen molar-refractivity contribution in [2.24, 2.45) is 4.99 Å². The van der Waals surface area contributed by atoms with Crippen LogP contribution >= 0.6 is 11.3 Å². The molecule has 0 saturated heterocycles. The van der Waals surface area contributed by atoms with Crippen LogP contribution in [0.1, 0.15) is 15.9 Å². The summed E-state index contributed by atoms with van der Waals surface area (Å²) in [4.78, 5) is 26.7. The molecule has 1 N–H and O–H groups in total. The van der Waals surface area contributed by atoms with Gasteiger partial charge in [-0.05, 0) is 24.3 Å². The van der Waals surface area contributed by atoms with Crippen LogP contribution in [0.25, 0.3) is 10.2 Å². The van der Waals surface area contributed by atoms with Crippen molar-refractivity contribution in [2.45, 2.75) is 12.7 Å². The SMILES string of the molecule is O=C(O)Cn1c(=NC(=O)c2cccc(C(F)(F)F)c2)sc2c(F)cc(F)cc21. The Hall–Kier alpha value is -3.08. The molecule has 0 saturated carbocycles. The lowest BCUT2D eigenvalue weighted by Gasteiger charge is -2.06. The second-order valence-electron chi connectivity index (χ2n) is 5.60. The number of carboxylic acids is 1. The van der Waals surface area contributed by atoms with Crippen LogP contribution in [0, 0.1) is 11.6 Å². The van der Waals surface area contributed by atoms with Gasteiger partial charge in [-0.2, -0.15) is 18.2 Å². The minimum Gasteiger partial charge on any atom is -0.480 e. The Labute approximate surface area is 157 Å². The van der Waals surface area contributed by atoms with Crippen molar-refractivity contribution in [3.63, 3.8) is 0 Å². The summed E-state index contributed by atoms with van der Waals surface area (Å²) in [6.45, 7) is -0.752. The summed E-state index contributed by atoms with van der Waals surface area (Å²) >= 11 is 0.582. The molecule has 11 heteroatoms. The van der Waals surface area contributed by atoms with E-state index in [2.05, 4.69) is 4.99 Å². The molecule has 28 heavy (non-hydrogen) atoms. The van der Waals surface area contributed by atoms with Gasteiger partial charge in [-0.15, -0.1) is 0 Å². The molecule has 0 bridgehead atoms. The number of benzene rings is 2. The molecule has 0 spiro atoms. The third-order valence-corrected chi connectivity index (χ3v) is 4.73. The number of amides is 1. The molecular formula is C17H9F5N2O3S. The predicted octanol–water partition coefficient (Wildman–Crippen LogP) is 3.83. The van der Waals surface area contributed by atoms with Crippen LogP contribution in [0.15, 0.2) is 41.4 Å². The zero-order valence-corrected chi connectivity index (χ0v) is 14.4. The summed E-state index contributed by atoms with van der Waals surface area (Å²) in [7, 11) is 0. The van der Waals surface area contributed by atoms with E-state index in [1.807, 2.05) is 0 Å². The number of carbonyl (C=O) groups excluding carboxylic acids is 1. The van der Waals surface area contributed by atoms with Crippen molar-refractivity contribution in [1.29, 1.82) is 0 Å². The average Bonchev–Trinajstić information content (AvgIpc) is 2.91. The summed E-state index contributed by atoms with van der Waals surface area (Å²) in [5.74, 6) is -4.39. The molecule has 0 unspecified atom stereocenters. The van der Waals surface area contributed by atoms with E-state index in [0.29, 0.717) is 23.5 Å². The second kappa shape index (κ2) is 7.15. The van der Waals surface area contributed by atoms with Gasteiger partial charge < -0.3 is 9.67 Å². The smallest absolute Gasteiger partial charge is 0.416 e. The van der Waals surface area contributed by atoms with Crippen LogP contribution in [0.5, 0.6) is 0 Å². The second-order valence-corrected chi connectivity index (χ2v) is 6.57. The number of hydrogen-bond acceptors (Lipinski definition) is 3. The Balaban J connectivity index is 2.17. The Morgan fingerprint density at radius 2 is 1.86 bits per heavy atom. The normalized spacial score (nSPS) is 12.5. The van der Waals surface area contributed by atoms with Crippen LogP contribution in [0.2, 0.25) is 0 Å². The maximum atomic E-state index is 14.0. The Morgan fingerprint density at radius 3 is 2.50 bits per heavy atom. The van der Waals surface area contributed by atoms with E-state index in [1.165, 1.54) is 0 Å². The highest BCUT2D eigenvalue weighted by Gasteiger charge is 2.30. The number of aliphatic carboxylic acids is 1.